The van der Waals surface area contributed by atoms with Gasteiger partial charge in [-0.2, -0.15) is 28.0 Å². The molecule has 9 heteroatoms. The summed E-state index contributed by atoms with van der Waals surface area (Å²) in [5.74, 6) is -0.157. The molecule has 132 valence electrons. The summed E-state index contributed by atoms with van der Waals surface area (Å²) in [5, 5.41) is 13.1. The summed E-state index contributed by atoms with van der Waals surface area (Å²) in [6, 6.07) is 12.5. The van der Waals surface area contributed by atoms with Crippen molar-refractivity contribution in [2.45, 2.75) is 6.18 Å². The number of nitrogens with zero attached hydrogens (tertiary/aromatic N) is 6. The summed E-state index contributed by atoms with van der Waals surface area (Å²) in [5.41, 5.74) is 1.67. The summed E-state index contributed by atoms with van der Waals surface area (Å²) in [4.78, 5) is 11.7. The fourth-order valence-corrected chi connectivity index (χ4v) is 2.65. The molecule has 1 aromatic carbocycles. The molecule has 4 rings (SSSR count). The van der Waals surface area contributed by atoms with Crippen molar-refractivity contribution in [1.29, 1.82) is 5.26 Å². The Kier molecular flexibility index (Phi) is 3.81. The summed E-state index contributed by atoms with van der Waals surface area (Å²) in [7, 11) is 0. The molecule has 0 radical (unpaired) electrons. The smallest absolute Gasteiger partial charge is 0.256 e. The second kappa shape index (κ2) is 6.17. The number of hydrogen-bond donors (Lipinski definition) is 0. The molecule has 0 fully saturated rings. The molecule has 0 aliphatic rings. The van der Waals surface area contributed by atoms with Crippen molar-refractivity contribution in [3.63, 3.8) is 0 Å². The Morgan fingerprint density at radius 2 is 1.85 bits per heavy atom. The van der Waals surface area contributed by atoms with Gasteiger partial charge < -0.3 is 0 Å². The normalized spacial score (nSPS) is 11.5. The summed E-state index contributed by atoms with van der Waals surface area (Å²) in [6.07, 6.45) is -0.989. The zero-order valence-corrected chi connectivity index (χ0v) is 13.5. The highest BCUT2D eigenvalue weighted by molar-refractivity contribution is 5.72. The first-order valence-electron chi connectivity index (χ1n) is 7.71. The quantitative estimate of drug-likeness (QED) is 0.540. The Labute approximate surface area is 150 Å². The van der Waals surface area contributed by atoms with E-state index in [4.69, 9.17) is 0 Å². The predicted octanol–water partition coefficient (Wildman–Crippen LogP) is 3.74. The topological polar surface area (TPSA) is 79.8 Å². The standard InChI is InChI=1S/C18H9F3N6/c19-18(20,21)16-10-25-27-15(9-24-17(27)26-16)11-5-6-23-14(7-11)13-4-2-1-3-12(13)8-22/h1-7,9-10H. The van der Waals surface area contributed by atoms with Gasteiger partial charge in [-0.3, -0.25) is 4.98 Å². The number of benzene rings is 1. The van der Waals surface area contributed by atoms with Crippen molar-refractivity contribution in [1.82, 2.24) is 24.6 Å². The molecule has 0 unspecified atom stereocenters. The van der Waals surface area contributed by atoms with Crippen LogP contribution < -0.4 is 0 Å². The van der Waals surface area contributed by atoms with Crippen molar-refractivity contribution >= 4 is 5.78 Å². The first-order chi connectivity index (χ1) is 13.0. The Morgan fingerprint density at radius 3 is 2.63 bits per heavy atom. The summed E-state index contributed by atoms with van der Waals surface area (Å²) in [6.45, 7) is 0. The minimum atomic E-state index is -4.59. The van der Waals surface area contributed by atoms with Crippen LogP contribution >= 0.6 is 0 Å². The molecule has 0 saturated heterocycles. The van der Waals surface area contributed by atoms with E-state index in [1.54, 1.807) is 42.6 Å². The van der Waals surface area contributed by atoms with E-state index in [1.807, 2.05) is 0 Å². The largest absolute Gasteiger partial charge is 0.435 e. The predicted molar refractivity (Wildman–Crippen MR) is 89.2 cm³/mol. The van der Waals surface area contributed by atoms with Gasteiger partial charge in [0.25, 0.3) is 5.78 Å². The molecular formula is C18H9F3N6. The number of rotatable bonds is 2. The monoisotopic (exact) mass is 366 g/mol. The Balaban J connectivity index is 1.82. The molecule has 3 aromatic heterocycles. The summed E-state index contributed by atoms with van der Waals surface area (Å²) >= 11 is 0. The van der Waals surface area contributed by atoms with Gasteiger partial charge in [0, 0.05) is 17.3 Å². The van der Waals surface area contributed by atoms with Crippen molar-refractivity contribution in [2.24, 2.45) is 0 Å². The van der Waals surface area contributed by atoms with Crippen LogP contribution in [0.4, 0.5) is 13.2 Å². The van der Waals surface area contributed by atoms with E-state index >= 15 is 0 Å². The first kappa shape index (κ1) is 16.7. The zero-order chi connectivity index (χ0) is 19.0. The van der Waals surface area contributed by atoms with Crippen molar-refractivity contribution in [3.05, 3.63) is 66.2 Å². The average molecular weight is 366 g/mol. The minimum absolute atomic E-state index is 0.157. The lowest BCUT2D eigenvalue weighted by molar-refractivity contribution is -0.141. The zero-order valence-electron chi connectivity index (χ0n) is 13.5. The molecule has 6 nitrogen and oxygen atoms in total. The summed E-state index contributed by atoms with van der Waals surface area (Å²) < 4.78 is 39.6. The Bertz CT molecular complexity index is 1190. The van der Waals surface area contributed by atoms with E-state index in [2.05, 4.69) is 26.1 Å². The maximum absolute atomic E-state index is 12.8. The highest BCUT2D eigenvalue weighted by Gasteiger charge is 2.33. The SMILES string of the molecule is N#Cc1ccccc1-c1cc(-c2cnc3nc(C(F)(F)F)cnn23)ccn1. The molecule has 0 atom stereocenters. The molecule has 0 aliphatic carbocycles. The van der Waals surface area contributed by atoms with Gasteiger partial charge in [0.15, 0.2) is 5.69 Å². The van der Waals surface area contributed by atoms with Crippen LogP contribution in [0.3, 0.4) is 0 Å². The van der Waals surface area contributed by atoms with E-state index in [0.29, 0.717) is 34.3 Å². The van der Waals surface area contributed by atoms with Gasteiger partial charge >= 0.3 is 6.18 Å². The number of pyridine rings is 1. The van der Waals surface area contributed by atoms with Crippen LogP contribution in [-0.2, 0) is 6.18 Å². The van der Waals surface area contributed by atoms with E-state index in [-0.39, 0.29) is 5.78 Å². The maximum Gasteiger partial charge on any atom is 0.435 e. The van der Waals surface area contributed by atoms with Gasteiger partial charge in [-0.25, -0.2) is 9.97 Å². The van der Waals surface area contributed by atoms with Crippen LogP contribution in [0.25, 0.3) is 28.3 Å². The molecule has 0 amide bonds. The minimum Gasteiger partial charge on any atom is -0.256 e. The number of nitriles is 1. The third-order valence-corrected chi connectivity index (χ3v) is 3.91. The van der Waals surface area contributed by atoms with Gasteiger partial charge in [-0.1, -0.05) is 18.2 Å². The maximum atomic E-state index is 12.8. The highest BCUT2D eigenvalue weighted by atomic mass is 19.4. The van der Waals surface area contributed by atoms with Gasteiger partial charge in [0.05, 0.1) is 35.4 Å². The number of alkyl halides is 3. The lowest BCUT2D eigenvalue weighted by Gasteiger charge is -2.07. The lowest BCUT2D eigenvalue weighted by atomic mass is 10.0. The molecule has 0 spiro atoms. The van der Waals surface area contributed by atoms with E-state index < -0.39 is 11.9 Å². The molecule has 0 bridgehead atoms. The fraction of sp³-hybridized carbons (Fsp3) is 0.0556. The van der Waals surface area contributed by atoms with Gasteiger partial charge in [0.1, 0.15) is 0 Å². The molecule has 0 saturated carbocycles. The van der Waals surface area contributed by atoms with Gasteiger partial charge in [0.2, 0.25) is 0 Å². The number of imidazole rings is 1. The molecule has 0 N–H and O–H groups in total. The Morgan fingerprint density at radius 1 is 1.04 bits per heavy atom. The van der Waals surface area contributed by atoms with Crippen molar-refractivity contribution < 1.29 is 13.2 Å². The van der Waals surface area contributed by atoms with Crippen molar-refractivity contribution in [3.8, 4) is 28.6 Å². The van der Waals surface area contributed by atoms with Crippen molar-refractivity contribution in [2.75, 3.05) is 0 Å². The molecule has 27 heavy (non-hydrogen) atoms. The lowest BCUT2D eigenvalue weighted by Crippen LogP contribution is -2.11. The van der Waals surface area contributed by atoms with E-state index in [0.717, 1.165) is 0 Å². The van der Waals surface area contributed by atoms with Crippen LogP contribution in [0.1, 0.15) is 11.3 Å². The third kappa shape index (κ3) is 2.97. The third-order valence-electron chi connectivity index (χ3n) is 3.91. The molecule has 4 aromatic rings. The van der Waals surface area contributed by atoms with Gasteiger partial charge in [-0.05, 0) is 18.2 Å². The number of hydrogen-bond acceptors (Lipinski definition) is 5. The van der Waals surface area contributed by atoms with Gasteiger partial charge in [-0.15, -0.1) is 0 Å². The second-order valence-electron chi connectivity index (χ2n) is 5.58. The Hall–Kier alpha value is -3.80. The first-order valence-corrected chi connectivity index (χ1v) is 7.71. The number of aromatic nitrogens is 5. The van der Waals surface area contributed by atoms with Crippen LogP contribution in [-0.4, -0.2) is 24.6 Å². The van der Waals surface area contributed by atoms with Crippen LogP contribution in [0.15, 0.2) is 55.0 Å². The highest BCUT2D eigenvalue weighted by Crippen LogP contribution is 2.29. The number of halogens is 3. The average Bonchev–Trinajstić information content (AvgIpc) is 3.10. The van der Waals surface area contributed by atoms with Crippen LogP contribution in [0.5, 0.6) is 0 Å². The van der Waals surface area contributed by atoms with Crippen LogP contribution in [0, 0.1) is 11.3 Å². The molecular weight excluding hydrogens is 357 g/mol. The van der Waals surface area contributed by atoms with E-state index in [1.165, 1.54) is 10.7 Å². The van der Waals surface area contributed by atoms with Crippen LogP contribution in [0.2, 0.25) is 0 Å². The molecule has 3 heterocycles. The molecule has 0 aliphatic heterocycles. The van der Waals surface area contributed by atoms with E-state index in [9.17, 15) is 18.4 Å². The second-order valence-corrected chi connectivity index (χ2v) is 5.58. The fourth-order valence-electron chi connectivity index (χ4n) is 2.65. The number of fused-ring (bicyclic) bond motifs is 1.